The van der Waals surface area contributed by atoms with Gasteiger partial charge in [0.2, 0.25) is 0 Å². The van der Waals surface area contributed by atoms with Gasteiger partial charge in [0.25, 0.3) is 5.91 Å². The van der Waals surface area contributed by atoms with Crippen molar-refractivity contribution in [2.45, 2.75) is 26.2 Å². The Morgan fingerprint density at radius 3 is 2.45 bits per heavy atom. The third-order valence-electron chi connectivity index (χ3n) is 5.38. The van der Waals surface area contributed by atoms with Crippen LogP contribution in [0.25, 0.3) is 10.8 Å². The molecule has 0 aromatic heterocycles. The van der Waals surface area contributed by atoms with Crippen molar-refractivity contribution in [1.82, 2.24) is 0 Å². The molecule has 0 atom stereocenters. The van der Waals surface area contributed by atoms with Gasteiger partial charge in [-0.3, -0.25) is 4.79 Å². The number of unbranched alkanes of at least 4 members (excludes halogenated alkanes) is 1. The number of fused-ring (bicyclic) bond motifs is 1. The Hall–Kier alpha value is -3.70. The fraction of sp³-hybridized carbons (Fsp3) is 0.148. The number of halogens is 1. The van der Waals surface area contributed by atoms with E-state index in [-0.39, 0.29) is 17.0 Å². The Morgan fingerprint density at radius 2 is 1.70 bits per heavy atom. The zero-order valence-electron chi connectivity index (χ0n) is 18.3. The topological polar surface area (TPSA) is 74.0 Å². The summed E-state index contributed by atoms with van der Waals surface area (Å²) in [7, 11) is 0. The quantitative estimate of drug-likeness (QED) is 0.274. The summed E-state index contributed by atoms with van der Waals surface area (Å²) in [5.41, 5.74) is 2.70. The number of phenolic OH excluding ortho intramolecular Hbond substituents is 1. The minimum Gasteiger partial charge on any atom is -0.505 e. The van der Waals surface area contributed by atoms with E-state index in [0.717, 1.165) is 24.6 Å². The van der Waals surface area contributed by atoms with Crippen LogP contribution in [0.1, 0.15) is 35.7 Å². The summed E-state index contributed by atoms with van der Waals surface area (Å²) < 4.78 is 0. The van der Waals surface area contributed by atoms with Crippen LogP contribution in [0.15, 0.2) is 89.1 Å². The second kappa shape index (κ2) is 10.3. The van der Waals surface area contributed by atoms with Crippen LogP contribution in [-0.4, -0.2) is 11.0 Å². The molecule has 6 heteroatoms. The van der Waals surface area contributed by atoms with Gasteiger partial charge in [-0.05, 0) is 54.1 Å². The maximum Gasteiger partial charge on any atom is 0.259 e. The highest BCUT2D eigenvalue weighted by molar-refractivity contribution is 6.32. The first-order valence-electron chi connectivity index (χ1n) is 10.9. The Morgan fingerprint density at radius 1 is 0.970 bits per heavy atom. The molecule has 0 fully saturated rings. The number of aromatic hydroxyl groups is 1. The molecule has 4 aromatic rings. The van der Waals surface area contributed by atoms with E-state index in [1.165, 1.54) is 5.56 Å². The lowest BCUT2D eigenvalue weighted by molar-refractivity contribution is 0.102. The Balaban J connectivity index is 1.67. The number of carbonyl (C=O) groups excluding carboxylic acids is 1. The number of nitrogens with zero attached hydrogens (tertiary/aromatic N) is 2. The van der Waals surface area contributed by atoms with Gasteiger partial charge in [0.15, 0.2) is 5.75 Å². The third-order valence-corrected chi connectivity index (χ3v) is 5.70. The van der Waals surface area contributed by atoms with Crippen LogP contribution in [0.2, 0.25) is 5.02 Å². The third kappa shape index (κ3) is 5.21. The van der Waals surface area contributed by atoms with Crippen LogP contribution in [-0.2, 0) is 6.42 Å². The first-order chi connectivity index (χ1) is 16.1. The molecule has 0 radical (unpaired) electrons. The number of carbonyl (C=O) groups is 1. The number of hydrogen-bond donors (Lipinski definition) is 2. The maximum atomic E-state index is 13.1. The number of azo groups is 1. The molecule has 4 rings (SSSR count). The molecule has 166 valence electrons. The lowest BCUT2D eigenvalue weighted by Gasteiger charge is -2.11. The zero-order chi connectivity index (χ0) is 23.2. The highest BCUT2D eigenvalue weighted by atomic mass is 35.5. The van der Waals surface area contributed by atoms with E-state index in [9.17, 15) is 9.90 Å². The molecule has 0 spiro atoms. The first-order valence-corrected chi connectivity index (χ1v) is 11.3. The zero-order valence-corrected chi connectivity index (χ0v) is 19.0. The molecule has 33 heavy (non-hydrogen) atoms. The molecule has 4 aromatic carbocycles. The smallest absolute Gasteiger partial charge is 0.259 e. The summed E-state index contributed by atoms with van der Waals surface area (Å²) >= 11 is 6.18. The number of anilines is 1. The van der Waals surface area contributed by atoms with E-state index in [4.69, 9.17) is 11.6 Å². The van der Waals surface area contributed by atoms with Gasteiger partial charge in [-0.15, -0.1) is 10.2 Å². The van der Waals surface area contributed by atoms with E-state index >= 15 is 0 Å². The average Bonchev–Trinajstić information content (AvgIpc) is 2.83. The molecule has 0 heterocycles. The van der Waals surface area contributed by atoms with Crippen molar-refractivity contribution in [3.05, 3.63) is 95.0 Å². The van der Waals surface area contributed by atoms with Gasteiger partial charge in [-0.1, -0.05) is 73.5 Å². The first kappa shape index (κ1) is 22.5. The molecule has 0 saturated heterocycles. The van der Waals surface area contributed by atoms with E-state index in [1.807, 2.05) is 48.5 Å². The van der Waals surface area contributed by atoms with Crippen molar-refractivity contribution in [2.24, 2.45) is 10.2 Å². The molecule has 0 aliphatic heterocycles. The number of amides is 1. The Bertz CT molecular complexity index is 1320. The maximum absolute atomic E-state index is 13.1. The van der Waals surface area contributed by atoms with Gasteiger partial charge in [0.1, 0.15) is 11.4 Å². The monoisotopic (exact) mass is 457 g/mol. The van der Waals surface area contributed by atoms with Crippen LogP contribution in [0.5, 0.6) is 5.75 Å². The summed E-state index contributed by atoms with van der Waals surface area (Å²) in [5.74, 6) is -0.657. The molecule has 0 aliphatic carbocycles. The van der Waals surface area contributed by atoms with Gasteiger partial charge in [0.05, 0.1) is 10.6 Å². The molecule has 2 N–H and O–H groups in total. The summed E-state index contributed by atoms with van der Waals surface area (Å²) in [5, 5.41) is 24.2. The SMILES string of the molecule is CCCCc1ccc(NC(=O)c2cc3ccccc3c(N=Nc3ccccc3Cl)c2O)cc1. The predicted octanol–water partition coefficient (Wildman–Crippen LogP) is 8.21. The van der Waals surface area contributed by atoms with Gasteiger partial charge < -0.3 is 10.4 Å². The van der Waals surface area contributed by atoms with E-state index < -0.39 is 5.91 Å². The predicted molar refractivity (Wildman–Crippen MR) is 134 cm³/mol. The molecule has 0 unspecified atom stereocenters. The molecular formula is C27H24ClN3O2. The van der Waals surface area contributed by atoms with E-state index in [0.29, 0.717) is 21.8 Å². The number of aryl methyl sites for hydroxylation is 1. The Kier molecular flexibility index (Phi) is 7.01. The molecular weight excluding hydrogens is 434 g/mol. The van der Waals surface area contributed by atoms with Crippen molar-refractivity contribution in [3.8, 4) is 5.75 Å². The van der Waals surface area contributed by atoms with E-state index in [1.54, 1.807) is 30.3 Å². The summed E-state index contributed by atoms with van der Waals surface area (Å²) in [6.07, 6.45) is 3.27. The Labute approximate surface area is 197 Å². The van der Waals surface area contributed by atoms with Crippen LogP contribution in [0.4, 0.5) is 17.1 Å². The molecule has 1 amide bonds. The number of phenols is 1. The van der Waals surface area contributed by atoms with Crippen molar-refractivity contribution >= 4 is 45.3 Å². The highest BCUT2D eigenvalue weighted by Gasteiger charge is 2.18. The summed E-state index contributed by atoms with van der Waals surface area (Å²) in [6, 6.07) is 23.9. The number of benzene rings is 4. The fourth-order valence-corrected chi connectivity index (χ4v) is 3.74. The number of nitrogens with one attached hydrogen (secondary N) is 1. The lowest BCUT2D eigenvalue weighted by atomic mass is 10.0. The number of hydrogen-bond acceptors (Lipinski definition) is 4. The normalized spacial score (nSPS) is 11.2. The van der Waals surface area contributed by atoms with Crippen LogP contribution in [0.3, 0.4) is 0 Å². The molecule has 0 bridgehead atoms. The summed E-state index contributed by atoms with van der Waals surface area (Å²) in [6.45, 7) is 2.16. The van der Waals surface area contributed by atoms with E-state index in [2.05, 4.69) is 22.5 Å². The average molecular weight is 458 g/mol. The fourth-order valence-electron chi connectivity index (χ4n) is 3.56. The second-order valence-corrected chi connectivity index (χ2v) is 8.16. The van der Waals surface area contributed by atoms with Gasteiger partial charge >= 0.3 is 0 Å². The lowest BCUT2D eigenvalue weighted by Crippen LogP contribution is -2.12. The van der Waals surface area contributed by atoms with Crippen LogP contribution in [0, 0.1) is 0 Å². The van der Waals surface area contributed by atoms with Gasteiger partial charge in [-0.25, -0.2) is 0 Å². The van der Waals surface area contributed by atoms with Gasteiger partial charge in [0, 0.05) is 11.1 Å². The largest absolute Gasteiger partial charge is 0.505 e. The van der Waals surface area contributed by atoms with Crippen molar-refractivity contribution in [1.29, 1.82) is 0 Å². The van der Waals surface area contributed by atoms with Crippen molar-refractivity contribution in [2.75, 3.05) is 5.32 Å². The standard InChI is InChI=1S/C27H24ClN3O2/c1-2-3-8-18-13-15-20(16-14-18)29-27(33)22-17-19-9-4-5-10-21(19)25(26(22)32)31-30-24-12-7-6-11-23(24)28/h4-7,9-17,32H,2-3,8H2,1H3,(H,29,33). The van der Waals surface area contributed by atoms with Gasteiger partial charge in [-0.2, -0.15) is 0 Å². The minimum absolute atomic E-state index is 0.122. The summed E-state index contributed by atoms with van der Waals surface area (Å²) in [4.78, 5) is 13.1. The molecule has 0 aliphatic rings. The number of rotatable bonds is 7. The highest BCUT2D eigenvalue weighted by Crippen LogP contribution is 2.40. The molecule has 5 nitrogen and oxygen atoms in total. The second-order valence-electron chi connectivity index (χ2n) is 7.75. The van der Waals surface area contributed by atoms with Crippen LogP contribution >= 0.6 is 11.6 Å². The van der Waals surface area contributed by atoms with Crippen molar-refractivity contribution in [3.63, 3.8) is 0 Å². The molecule has 0 saturated carbocycles. The minimum atomic E-state index is -0.422. The van der Waals surface area contributed by atoms with Crippen molar-refractivity contribution < 1.29 is 9.90 Å². The van der Waals surface area contributed by atoms with Crippen LogP contribution < -0.4 is 5.32 Å².